The van der Waals surface area contributed by atoms with Crippen molar-refractivity contribution in [2.45, 2.75) is 64.7 Å². The van der Waals surface area contributed by atoms with Gasteiger partial charge in [0.05, 0.1) is 8.07 Å². The van der Waals surface area contributed by atoms with Crippen molar-refractivity contribution in [2.24, 2.45) is 35.5 Å². The first-order valence-electron chi connectivity index (χ1n) is 9.20. The highest BCUT2D eigenvalue weighted by Crippen LogP contribution is 2.61. The number of rotatable bonds is 2. The Morgan fingerprint density at radius 3 is 1.81 bits per heavy atom. The summed E-state index contributed by atoms with van der Waals surface area (Å²) in [6.45, 7) is 15.6. The molecule has 0 aromatic rings. The molecule has 0 radical (unpaired) electrons. The van der Waals surface area contributed by atoms with Crippen LogP contribution < -0.4 is 0 Å². The van der Waals surface area contributed by atoms with Gasteiger partial charge in [0, 0.05) is 0 Å². The zero-order valence-electron chi connectivity index (χ0n) is 14.8. The van der Waals surface area contributed by atoms with Crippen LogP contribution in [0, 0.1) is 35.5 Å². The van der Waals surface area contributed by atoms with Crippen molar-refractivity contribution in [2.75, 3.05) is 0 Å². The lowest BCUT2D eigenvalue weighted by Gasteiger charge is -2.45. The monoisotopic (exact) mass is 302 g/mol. The topological polar surface area (TPSA) is 0 Å². The summed E-state index contributed by atoms with van der Waals surface area (Å²) in [5, 5.41) is 0. The first-order valence-corrected chi connectivity index (χ1v) is 12.4. The second-order valence-electron chi connectivity index (χ2n) is 9.05. The van der Waals surface area contributed by atoms with Crippen molar-refractivity contribution in [3.05, 3.63) is 24.3 Å². The van der Waals surface area contributed by atoms with Crippen LogP contribution >= 0.6 is 0 Å². The lowest BCUT2D eigenvalue weighted by molar-refractivity contribution is 0.393. The molecule has 7 unspecified atom stereocenters. The van der Waals surface area contributed by atoms with Gasteiger partial charge in [-0.3, -0.25) is 0 Å². The Balaban J connectivity index is 1.94. The second kappa shape index (κ2) is 5.40. The van der Waals surface area contributed by atoms with Gasteiger partial charge in [0.15, 0.2) is 0 Å². The predicted molar refractivity (Wildman–Crippen MR) is 96.1 cm³/mol. The average molecular weight is 303 g/mol. The molecule has 0 amide bonds. The maximum atomic E-state index is 2.73. The fraction of sp³-hybridized carbons (Fsp3) is 0.800. The number of hydrogen-bond donors (Lipinski definition) is 0. The molecule has 2 fully saturated rings. The van der Waals surface area contributed by atoms with Crippen molar-refractivity contribution in [1.29, 1.82) is 0 Å². The molecule has 3 rings (SSSR count). The zero-order chi connectivity index (χ0) is 15.4. The molecule has 1 heteroatoms. The SMILES string of the molecule is CC1CCC(C)C1[Si](C)(C)C1C(C)C(C)C2C=CC=CC21. The second-order valence-corrected chi connectivity index (χ2v) is 14.0. The molecule has 3 aliphatic rings. The first-order chi connectivity index (χ1) is 9.85. The molecule has 2 saturated carbocycles. The first kappa shape index (κ1) is 15.6. The van der Waals surface area contributed by atoms with Crippen molar-refractivity contribution in [3.63, 3.8) is 0 Å². The Hall–Kier alpha value is -0.303. The van der Waals surface area contributed by atoms with E-state index in [0.717, 1.165) is 46.6 Å². The van der Waals surface area contributed by atoms with E-state index >= 15 is 0 Å². The summed E-state index contributed by atoms with van der Waals surface area (Å²) in [5.41, 5.74) is 2.02. The van der Waals surface area contributed by atoms with E-state index in [-0.39, 0.29) is 0 Å². The molecule has 7 atom stereocenters. The summed E-state index contributed by atoms with van der Waals surface area (Å²) in [4.78, 5) is 0. The van der Waals surface area contributed by atoms with Crippen molar-refractivity contribution in [1.82, 2.24) is 0 Å². The molecule has 3 aliphatic carbocycles. The normalized spacial score (nSPS) is 49.6. The minimum Gasteiger partial charge on any atom is -0.0808 e. The number of hydrogen-bond acceptors (Lipinski definition) is 0. The van der Waals surface area contributed by atoms with Crippen LogP contribution in [-0.2, 0) is 0 Å². The quantitative estimate of drug-likeness (QED) is 0.537. The van der Waals surface area contributed by atoms with E-state index in [1.807, 2.05) is 0 Å². The van der Waals surface area contributed by atoms with Crippen LogP contribution in [0.1, 0.15) is 40.5 Å². The van der Waals surface area contributed by atoms with E-state index in [4.69, 9.17) is 0 Å². The average Bonchev–Trinajstić information content (AvgIpc) is 2.90. The molecule has 0 aromatic carbocycles. The molecular weight excluding hydrogens is 268 g/mol. The van der Waals surface area contributed by atoms with Gasteiger partial charge in [-0.05, 0) is 46.6 Å². The summed E-state index contributed by atoms with van der Waals surface area (Å²) < 4.78 is 0. The van der Waals surface area contributed by atoms with Gasteiger partial charge in [0.1, 0.15) is 0 Å². The molecule has 0 saturated heterocycles. The highest BCUT2D eigenvalue weighted by atomic mass is 28.3. The van der Waals surface area contributed by atoms with Crippen LogP contribution in [0.25, 0.3) is 0 Å². The van der Waals surface area contributed by atoms with Crippen LogP contribution in [-0.4, -0.2) is 8.07 Å². The Labute approximate surface area is 133 Å². The Morgan fingerprint density at radius 2 is 1.24 bits per heavy atom. The summed E-state index contributed by atoms with van der Waals surface area (Å²) in [6, 6.07) is 0. The van der Waals surface area contributed by atoms with E-state index in [0.29, 0.717) is 0 Å². The van der Waals surface area contributed by atoms with Crippen molar-refractivity contribution < 1.29 is 0 Å². The molecular formula is C20H34Si. The Morgan fingerprint density at radius 1 is 0.714 bits per heavy atom. The van der Waals surface area contributed by atoms with Gasteiger partial charge in [-0.2, -0.15) is 0 Å². The van der Waals surface area contributed by atoms with Crippen LogP contribution in [0.2, 0.25) is 24.2 Å². The molecule has 0 N–H and O–H groups in total. The van der Waals surface area contributed by atoms with E-state index in [1.54, 1.807) is 0 Å². The van der Waals surface area contributed by atoms with Gasteiger partial charge < -0.3 is 0 Å². The zero-order valence-corrected chi connectivity index (χ0v) is 15.8. The highest BCUT2D eigenvalue weighted by Gasteiger charge is 2.56. The number of fused-ring (bicyclic) bond motifs is 1. The summed E-state index contributed by atoms with van der Waals surface area (Å²) in [7, 11) is -1.26. The van der Waals surface area contributed by atoms with Crippen LogP contribution in [0.5, 0.6) is 0 Å². The van der Waals surface area contributed by atoms with Gasteiger partial charge in [0.2, 0.25) is 0 Å². The lowest BCUT2D eigenvalue weighted by atomic mass is 9.86. The Kier molecular flexibility index (Phi) is 4.01. The third-order valence-electron chi connectivity index (χ3n) is 7.66. The highest BCUT2D eigenvalue weighted by molar-refractivity contribution is 6.80. The fourth-order valence-corrected chi connectivity index (χ4v) is 13.6. The molecule has 21 heavy (non-hydrogen) atoms. The standard InChI is InChI=1S/C20H34Si/c1-13-11-12-14(2)19(13)21(5,6)20-16(4)15(3)17-9-7-8-10-18(17)20/h7-10,13-20H,11-12H2,1-6H3. The molecule has 0 heterocycles. The number of allylic oxidation sites excluding steroid dienone is 4. The largest absolute Gasteiger partial charge is 0.0808 e. The molecule has 0 nitrogen and oxygen atoms in total. The predicted octanol–water partition coefficient (Wildman–Crippen LogP) is 6.15. The lowest BCUT2D eigenvalue weighted by Crippen LogP contribution is -2.45. The molecule has 0 spiro atoms. The maximum Gasteiger partial charge on any atom is 0.0550 e. The van der Waals surface area contributed by atoms with Crippen LogP contribution in [0.15, 0.2) is 24.3 Å². The minimum atomic E-state index is -1.26. The molecule has 118 valence electrons. The molecule has 0 aromatic heterocycles. The summed E-state index contributed by atoms with van der Waals surface area (Å²) >= 11 is 0. The fourth-order valence-electron chi connectivity index (χ4n) is 6.86. The van der Waals surface area contributed by atoms with Gasteiger partial charge >= 0.3 is 0 Å². The van der Waals surface area contributed by atoms with Gasteiger partial charge in [-0.15, -0.1) is 0 Å². The van der Waals surface area contributed by atoms with E-state index in [1.165, 1.54) is 12.8 Å². The van der Waals surface area contributed by atoms with Gasteiger partial charge in [-0.25, -0.2) is 0 Å². The summed E-state index contributed by atoms with van der Waals surface area (Å²) in [5.74, 6) is 5.34. The minimum absolute atomic E-state index is 0.814. The smallest absolute Gasteiger partial charge is 0.0550 e. The third kappa shape index (κ3) is 2.31. The Bertz CT molecular complexity index is 437. The van der Waals surface area contributed by atoms with E-state index in [2.05, 4.69) is 65.1 Å². The third-order valence-corrected chi connectivity index (χ3v) is 13.1. The van der Waals surface area contributed by atoms with Crippen LogP contribution in [0.3, 0.4) is 0 Å². The molecule has 0 bridgehead atoms. The maximum absolute atomic E-state index is 2.73. The van der Waals surface area contributed by atoms with Crippen molar-refractivity contribution >= 4 is 8.07 Å². The summed E-state index contributed by atoms with van der Waals surface area (Å²) in [6.07, 6.45) is 12.6. The van der Waals surface area contributed by atoms with Crippen molar-refractivity contribution in [3.8, 4) is 0 Å². The van der Waals surface area contributed by atoms with Gasteiger partial charge in [0.25, 0.3) is 0 Å². The molecule has 0 aliphatic heterocycles. The van der Waals surface area contributed by atoms with Gasteiger partial charge in [-0.1, -0.05) is 77.9 Å². The van der Waals surface area contributed by atoms with E-state index in [9.17, 15) is 0 Å². The van der Waals surface area contributed by atoms with E-state index < -0.39 is 8.07 Å². The van der Waals surface area contributed by atoms with Crippen LogP contribution in [0.4, 0.5) is 0 Å².